The molecule has 2 rings (SSSR count). The lowest BCUT2D eigenvalue weighted by molar-refractivity contribution is -0.150. The average molecular weight is 301 g/mol. The SMILES string of the molecule is COc1ccc2cc(CC(=O)OCC(=O)N(C)C)ccc2c1. The summed E-state index contributed by atoms with van der Waals surface area (Å²) < 4.78 is 10.1. The van der Waals surface area contributed by atoms with E-state index in [4.69, 9.17) is 9.47 Å². The normalized spacial score (nSPS) is 10.3. The lowest BCUT2D eigenvalue weighted by atomic mass is 10.0. The van der Waals surface area contributed by atoms with Crippen LogP contribution in [0.5, 0.6) is 5.75 Å². The van der Waals surface area contributed by atoms with Crippen molar-refractivity contribution in [1.29, 1.82) is 0 Å². The molecule has 0 aliphatic rings. The third-order valence-corrected chi connectivity index (χ3v) is 3.32. The maximum absolute atomic E-state index is 11.8. The second-order valence-electron chi connectivity index (χ2n) is 5.17. The Morgan fingerprint density at radius 3 is 2.41 bits per heavy atom. The summed E-state index contributed by atoms with van der Waals surface area (Å²) in [5.74, 6) is 0.142. The number of ether oxygens (including phenoxy) is 2. The lowest BCUT2D eigenvalue weighted by Gasteiger charge is -2.10. The fraction of sp³-hybridized carbons (Fsp3) is 0.294. The molecule has 0 radical (unpaired) electrons. The number of esters is 1. The molecule has 2 aromatic rings. The monoisotopic (exact) mass is 301 g/mol. The third-order valence-electron chi connectivity index (χ3n) is 3.32. The van der Waals surface area contributed by atoms with Crippen molar-refractivity contribution in [2.45, 2.75) is 6.42 Å². The van der Waals surface area contributed by atoms with Gasteiger partial charge in [-0.2, -0.15) is 0 Å². The Labute approximate surface area is 129 Å². The Morgan fingerprint density at radius 1 is 1.05 bits per heavy atom. The Balaban J connectivity index is 2.02. The number of likely N-dealkylation sites (N-methyl/N-ethyl adjacent to an activating group) is 1. The van der Waals surface area contributed by atoms with Gasteiger partial charge < -0.3 is 14.4 Å². The molecule has 5 nitrogen and oxygen atoms in total. The highest BCUT2D eigenvalue weighted by molar-refractivity contribution is 5.86. The van der Waals surface area contributed by atoms with E-state index in [0.717, 1.165) is 22.1 Å². The first-order valence-electron chi connectivity index (χ1n) is 6.92. The van der Waals surface area contributed by atoms with Crippen LogP contribution in [0.25, 0.3) is 10.8 Å². The Morgan fingerprint density at radius 2 is 1.73 bits per heavy atom. The second-order valence-corrected chi connectivity index (χ2v) is 5.17. The Bertz CT molecular complexity index is 694. The van der Waals surface area contributed by atoms with E-state index in [9.17, 15) is 9.59 Å². The van der Waals surface area contributed by atoms with Gasteiger partial charge in [0.2, 0.25) is 0 Å². The predicted octanol–water partition coefficient (Wildman–Crippen LogP) is 2.02. The van der Waals surface area contributed by atoms with Crippen LogP contribution >= 0.6 is 0 Å². The zero-order valence-corrected chi connectivity index (χ0v) is 13.0. The standard InChI is InChI=1S/C17H19NO4/c1-18(2)16(19)11-22-17(20)9-12-4-5-14-10-15(21-3)7-6-13(14)8-12/h4-8,10H,9,11H2,1-3H3. The summed E-state index contributed by atoms with van der Waals surface area (Å²) in [5.41, 5.74) is 0.847. The lowest BCUT2D eigenvalue weighted by Crippen LogP contribution is -2.27. The minimum Gasteiger partial charge on any atom is -0.497 e. The van der Waals surface area contributed by atoms with E-state index in [0.29, 0.717) is 0 Å². The number of amides is 1. The first-order valence-corrected chi connectivity index (χ1v) is 6.92. The van der Waals surface area contributed by atoms with Gasteiger partial charge in [-0.3, -0.25) is 9.59 Å². The molecule has 2 aromatic carbocycles. The molecule has 0 spiro atoms. The minimum absolute atomic E-state index is 0.142. The van der Waals surface area contributed by atoms with E-state index in [2.05, 4.69) is 0 Å². The zero-order valence-electron chi connectivity index (χ0n) is 13.0. The smallest absolute Gasteiger partial charge is 0.310 e. The van der Waals surface area contributed by atoms with Gasteiger partial charge in [0.25, 0.3) is 5.91 Å². The minimum atomic E-state index is -0.414. The Hall–Kier alpha value is -2.56. The van der Waals surface area contributed by atoms with Gasteiger partial charge in [-0.25, -0.2) is 0 Å². The van der Waals surface area contributed by atoms with Crippen LogP contribution < -0.4 is 4.74 Å². The first-order chi connectivity index (χ1) is 10.5. The van der Waals surface area contributed by atoms with Gasteiger partial charge >= 0.3 is 5.97 Å². The molecule has 0 fully saturated rings. The van der Waals surface area contributed by atoms with Crippen molar-refractivity contribution in [1.82, 2.24) is 4.90 Å². The van der Waals surface area contributed by atoms with Gasteiger partial charge in [0, 0.05) is 14.1 Å². The summed E-state index contributed by atoms with van der Waals surface area (Å²) in [6, 6.07) is 11.5. The van der Waals surface area contributed by atoms with Crippen LogP contribution in [0.2, 0.25) is 0 Å². The van der Waals surface area contributed by atoms with Gasteiger partial charge in [-0.1, -0.05) is 24.3 Å². The molecule has 0 saturated heterocycles. The van der Waals surface area contributed by atoms with Crippen molar-refractivity contribution in [2.75, 3.05) is 27.8 Å². The molecular weight excluding hydrogens is 282 g/mol. The van der Waals surface area contributed by atoms with Crippen molar-refractivity contribution < 1.29 is 19.1 Å². The molecule has 0 bridgehead atoms. The number of carbonyl (C=O) groups is 2. The van der Waals surface area contributed by atoms with E-state index in [1.54, 1.807) is 21.2 Å². The maximum atomic E-state index is 11.8. The maximum Gasteiger partial charge on any atom is 0.310 e. The fourth-order valence-corrected chi connectivity index (χ4v) is 2.00. The van der Waals surface area contributed by atoms with Crippen molar-refractivity contribution in [2.24, 2.45) is 0 Å². The van der Waals surface area contributed by atoms with Crippen LogP contribution in [0.3, 0.4) is 0 Å². The van der Waals surface area contributed by atoms with Crippen LogP contribution in [0.4, 0.5) is 0 Å². The summed E-state index contributed by atoms with van der Waals surface area (Å²) >= 11 is 0. The number of benzene rings is 2. The van der Waals surface area contributed by atoms with Crippen LogP contribution in [0.1, 0.15) is 5.56 Å². The molecule has 0 saturated carbocycles. The molecule has 1 amide bonds. The molecule has 0 aliphatic carbocycles. The molecule has 0 aliphatic heterocycles. The highest BCUT2D eigenvalue weighted by Gasteiger charge is 2.10. The van der Waals surface area contributed by atoms with E-state index in [1.165, 1.54) is 4.90 Å². The number of hydrogen-bond acceptors (Lipinski definition) is 4. The van der Waals surface area contributed by atoms with Gasteiger partial charge in [0.05, 0.1) is 13.5 Å². The quantitative estimate of drug-likeness (QED) is 0.793. The van der Waals surface area contributed by atoms with Crippen LogP contribution in [-0.4, -0.2) is 44.6 Å². The summed E-state index contributed by atoms with van der Waals surface area (Å²) in [6.45, 7) is -0.226. The van der Waals surface area contributed by atoms with Crippen LogP contribution in [-0.2, 0) is 20.7 Å². The molecule has 0 N–H and O–H groups in total. The number of hydrogen-bond donors (Lipinski definition) is 0. The van der Waals surface area contributed by atoms with Gasteiger partial charge in [0.1, 0.15) is 5.75 Å². The molecule has 5 heteroatoms. The zero-order chi connectivity index (χ0) is 16.1. The predicted molar refractivity (Wildman–Crippen MR) is 83.9 cm³/mol. The topological polar surface area (TPSA) is 55.8 Å². The van der Waals surface area contributed by atoms with Crippen molar-refractivity contribution in [3.63, 3.8) is 0 Å². The summed E-state index contributed by atoms with van der Waals surface area (Å²) in [6.07, 6.45) is 0.142. The molecule has 0 atom stereocenters. The number of methoxy groups -OCH3 is 1. The summed E-state index contributed by atoms with van der Waals surface area (Å²) in [7, 11) is 4.86. The van der Waals surface area contributed by atoms with Crippen molar-refractivity contribution in [3.05, 3.63) is 42.0 Å². The van der Waals surface area contributed by atoms with Gasteiger partial charge in [-0.15, -0.1) is 0 Å². The number of carbonyl (C=O) groups excluding carboxylic acids is 2. The van der Waals surface area contributed by atoms with E-state index < -0.39 is 5.97 Å². The molecular formula is C17H19NO4. The van der Waals surface area contributed by atoms with Gasteiger partial charge in [-0.05, 0) is 28.5 Å². The number of rotatable bonds is 5. The van der Waals surface area contributed by atoms with E-state index >= 15 is 0 Å². The van der Waals surface area contributed by atoms with Crippen molar-refractivity contribution >= 4 is 22.6 Å². The third kappa shape index (κ3) is 3.97. The number of nitrogens with zero attached hydrogens (tertiary/aromatic N) is 1. The van der Waals surface area contributed by atoms with Gasteiger partial charge in [0.15, 0.2) is 6.61 Å². The second kappa shape index (κ2) is 6.93. The van der Waals surface area contributed by atoms with Crippen LogP contribution in [0.15, 0.2) is 36.4 Å². The molecule has 116 valence electrons. The molecule has 0 heterocycles. The van der Waals surface area contributed by atoms with Crippen LogP contribution in [0, 0.1) is 0 Å². The summed E-state index contributed by atoms with van der Waals surface area (Å²) in [5, 5.41) is 2.06. The highest BCUT2D eigenvalue weighted by atomic mass is 16.5. The molecule has 22 heavy (non-hydrogen) atoms. The fourth-order valence-electron chi connectivity index (χ4n) is 2.00. The average Bonchev–Trinajstić information content (AvgIpc) is 2.51. The Kier molecular flexibility index (Phi) is 4.99. The van der Waals surface area contributed by atoms with Crippen molar-refractivity contribution in [3.8, 4) is 5.75 Å². The molecule has 0 aromatic heterocycles. The highest BCUT2D eigenvalue weighted by Crippen LogP contribution is 2.22. The number of fused-ring (bicyclic) bond motifs is 1. The van der Waals surface area contributed by atoms with E-state index in [-0.39, 0.29) is 18.9 Å². The largest absolute Gasteiger partial charge is 0.497 e. The molecule has 0 unspecified atom stereocenters. The first kappa shape index (κ1) is 15.8. The summed E-state index contributed by atoms with van der Waals surface area (Å²) in [4.78, 5) is 24.5. The van der Waals surface area contributed by atoms with E-state index in [1.807, 2.05) is 36.4 Å².